The van der Waals surface area contributed by atoms with E-state index >= 15 is 0 Å². The van der Waals surface area contributed by atoms with E-state index in [-0.39, 0.29) is 16.7 Å². The maximum Gasteiger partial charge on any atom is 0.149 e. The Balaban J connectivity index is 2.65. The molecule has 0 aliphatic rings. The van der Waals surface area contributed by atoms with Gasteiger partial charge in [0.15, 0.2) is 0 Å². The summed E-state index contributed by atoms with van der Waals surface area (Å²) >= 11 is 0. The molecular weight excluding hydrogens is 210 g/mol. The Labute approximate surface area is 90.8 Å². The third kappa shape index (κ3) is 1.75. The fourth-order valence-electron chi connectivity index (χ4n) is 1.39. The normalized spacial score (nSPS) is 9.81. The van der Waals surface area contributed by atoms with Crippen LogP contribution in [0, 0.1) is 23.0 Å². The van der Waals surface area contributed by atoms with Gasteiger partial charge in [-0.15, -0.1) is 0 Å². The maximum absolute atomic E-state index is 13.5. The van der Waals surface area contributed by atoms with E-state index < -0.39 is 11.6 Å². The average molecular weight is 216 g/mol. The Hall–Kier alpha value is -2.28. The fourth-order valence-corrected chi connectivity index (χ4v) is 1.39. The zero-order chi connectivity index (χ0) is 11.5. The molecule has 0 bridgehead atoms. The van der Waals surface area contributed by atoms with E-state index in [2.05, 4.69) is 4.98 Å². The Morgan fingerprint density at radius 3 is 2.56 bits per heavy atom. The van der Waals surface area contributed by atoms with Gasteiger partial charge in [0.25, 0.3) is 0 Å². The summed E-state index contributed by atoms with van der Waals surface area (Å²) in [5, 5.41) is 8.69. The molecule has 0 spiro atoms. The van der Waals surface area contributed by atoms with Crippen molar-refractivity contribution in [2.45, 2.75) is 0 Å². The van der Waals surface area contributed by atoms with Gasteiger partial charge in [0.1, 0.15) is 11.6 Å². The lowest BCUT2D eigenvalue weighted by Crippen LogP contribution is -1.90. The molecule has 2 aromatic rings. The second-order valence-electron chi connectivity index (χ2n) is 3.16. The van der Waals surface area contributed by atoms with E-state index in [1.807, 2.05) is 6.07 Å². The van der Waals surface area contributed by atoms with Crippen LogP contribution < -0.4 is 0 Å². The third-order valence-corrected chi connectivity index (χ3v) is 2.16. The van der Waals surface area contributed by atoms with Crippen LogP contribution in [0.5, 0.6) is 0 Å². The lowest BCUT2D eigenvalue weighted by molar-refractivity contribution is 0.612. The number of aromatic nitrogens is 1. The van der Waals surface area contributed by atoms with Crippen molar-refractivity contribution in [1.82, 2.24) is 4.98 Å². The van der Waals surface area contributed by atoms with Gasteiger partial charge in [-0.05, 0) is 24.3 Å². The average Bonchev–Trinajstić information content (AvgIpc) is 2.31. The van der Waals surface area contributed by atoms with Crippen LogP contribution in [0.15, 0.2) is 36.7 Å². The summed E-state index contributed by atoms with van der Waals surface area (Å²) in [5.74, 6) is -1.18. The molecule has 0 saturated heterocycles. The van der Waals surface area contributed by atoms with Crippen LogP contribution >= 0.6 is 0 Å². The highest BCUT2D eigenvalue weighted by Gasteiger charge is 2.10. The minimum Gasteiger partial charge on any atom is -0.262 e. The van der Waals surface area contributed by atoms with Crippen molar-refractivity contribution in [1.29, 1.82) is 5.26 Å². The van der Waals surface area contributed by atoms with Crippen molar-refractivity contribution in [3.05, 3.63) is 53.9 Å². The predicted octanol–water partition coefficient (Wildman–Crippen LogP) is 2.90. The molecule has 1 aromatic carbocycles. The molecule has 0 saturated carbocycles. The number of benzene rings is 1. The Kier molecular flexibility index (Phi) is 2.61. The van der Waals surface area contributed by atoms with Crippen LogP contribution in [-0.2, 0) is 0 Å². The van der Waals surface area contributed by atoms with Crippen molar-refractivity contribution >= 4 is 0 Å². The molecular formula is C12H6F2N2. The lowest BCUT2D eigenvalue weighted by Gasteiger charge is -2.04. The summed E-state index contributed by atoms with van der Waals surface area (Å²) in [5.41, 5.74) is 0.455. The quantitative estimate of drug-likeness (QED) is 0.734. The van der Waals surface area contributed by atoms with Gasteiger partial charge < -0.3 is 0 Å². The number of hydrogen-bond donors (Lipinski definition) is 0. The first-order valence-corrected chi connectivity index (χ1v) is 4.52. The fraction of sp³-hybridized carbons (Fsp3) is 0. The molecule has 0 aliphatic carbocycles. The summed E-state index contributed by atoms with van der Waals surface area (Å²) in [6, 6.07) is 7.05. The van der Waals surface area contributed by atoms with Gasteiger partial charge in [0.05, 0.1) is 17.8 Å². The number of hydrogen-bond acceptors (Lipinski definition) is 2. The molecule has 0 atom stereocenters. The minimum atomic E-state index is -0.614. The predicted molar refractivity (Wildman–Crippen MR) is 54.3 cm³/mol. The topological polar surface area (TPSA) is 36.7 Å². The standard InChI is InChI=1S/C12H6F2N2/c13-11-2-1-8(6-15)5-10(11)9-3-4-16-7-12(9)14/h1-5,7H. The molecule has 0 radical (unpaired) electrons. The van der Waals surface area contributed by atoms with E-state index in [1.54, 1.807) is 0 Å². The van der Waals surface area contributed by atoms with Gasteiger partial charge in [0.2, 0.25) is 0 Å². The Morgan fingerprint density at radius 2 is 1.88 bits per heavy atom. The zero-order valence-corrected chi connectivity index (χ0v) is 8.11. The minimum absolute atomic E-state index is 0.0685. The van der Waals surface area contributed by atoms with Crippen LogP contribution in [0.1, 0.15) is 5.56 Å². The molecule has 16 heavy (non-hydrogen) atoms. The van der Waals surface area contributed by atoms with Crippen molar-refractivity contribution in [2.24, 2.45) is 0 Å². The Bertz CT molecular complexity index is 573. The van der Waals surface area contributed by atoms with Crippen LogP contribution in [0.3, 0.4) is 0 Å². The molecule has 0 unspecified atom stereocenters. The SMILES string of the molecule is N#Cc1ccc(F)c(-c2ccncc2F)c1. The molecule has 0 aliphatic heterocycles. The largest absolute Gasteiger partial charge is 0.262 e. The number of nitrogens with zero attached hydrogens (tertiary/aromatic N) is 2. The second kappa shape index (κ2) is 4.07. The van der Waals surface area contributed by atoms with Gasteiger partial charge in [-0.3, -0.25) is 4.98 Å². The molecule has 78 valence electrons. The van der Waals surface area contributed by atoms with Gasteiger partial charge in [0, 0.05) is 17.3 Å². The van der Waals surface area contributed by atoms with Crippen LogP contribution in [0.4, 0.5) is 8.78 Å². The zero-order valence-electron chi connectivity index (χ0n) is 8.11. The van der Waals surface area contributed by atoms with Crippen molar-refractivity contribution in [2.75, 3.05) is 0 Å². The first-order chi connectivity index (χ1) is 7.72. The second-order valence-corrected chi connectivity index (χ2v) is 3.16. The molecule has 4 heteroatoms. The van der Waals surface area contributed by atoms with E-state index in [0.29, 0.717) is 0 Å². The highest BCUT2D eigenvalue weighted by atomic mass is 19.1. The summed E-state index contributed by atoms with van der Waals surface area (Å²) in [6.07, 6.45) is 2.38. The summed E-state index contributed by atoms with van der Waals surface area (Å²) in [4.78, 5) is 3.58. The van der Waals surface area contributed by atoms with E-state index in [0.717, 1.165) is 12.3 Å². The summed E-state index contributed by atoms with van der Waals surface area (Å²) < 4.78 is 26.9. The van der Waals surface area contributed by atoms with Crippen molar-refractivity contribution < 1.29 is 8.78 Å². The smallest absolute Gasteiger partial charge is 0.149 e. The van der Waals surface area contributed by atoms with Crippen molar-refractivity contribution in [3.63, 3.8) is 0 Å². The maximum atomic E-state index is 13.5. The van der Waals surface area contributed by atoms with E-state index in [4.69, 9.17) is 5.26 Å². The van der Waals surface area contributed by atoms with E-state index in [9.17, 15) is 8.78 Å². The number of halogens is 2. The van der Waals surface area contributed by atoms with Crippen molar-refractivity contribution in [3.8, 4) is 17.2 Å². The van der Waals surface area contributed by atoms with Gasteiger partial charge in [-0.1, -0.05) is 0 Å². The molecule has 1 aromatic heterocycles. The highest BCUT2D eigenvalue weighted by molar-refractivity contribution is 5.66. The van der Waals surface area contributed by atoms with Gasteiger partial charge in [-0.2, -0.15) is 5.26 Å². The van der Waals surface area contributed by atoms with Crippen LogP contribution in [-0.4, -0.2) is 4.98 Å². The third-order valence-electron chi connectivity index (χ3n) is 2.16. The molecule has 0 amide bonds. The summed E-state index contributed by atoms with van der Waals surface area (Å²) in [6.45, 7) is 0. The Morgan fingerprint density at radius 1 is 1.06 bits per heavy atom. The molecule has 1 heterocycles. The number of rotatable bonds is 1. The lowest BCUT2D eigenvalue weighted by atomic mass is 10.0. The molecule has 0 fully saturated rings. The van der Waals surface area contributed by atoms with Gasteiger partial charge >= 0.3 is 0 Å². The van der Waals surface area contributed by atoms with Crippen LogP contribution in [0.25, 0.3) is 11.1 Å². The highest BCUT2D eigenvalue weighted by Crippen LogP contribution is 2.25. The first-order valence-electron chi connectivity index (χ1n) is 4.52. The summed E-state index contributed by atoms with van der Waals surface area (Å²) in [7, 11) is 0. The monoisotopic (exact) mass is 216 g/mol. The molecule has 0 N–H and O–H groups in total. The van der Waals surface area contributed by atoms with Gasteiger partial charge in [-0.25, -0.2) is 8.78 Å². The number of nitriles is 1. The van der Waals surface area contributed by atoms with E-state index in [1.165, 1.54) is 24.4 Å². The molecule has 2 rings (SSSR count). The first kappa shape index (κ1) is 10.2. The van der Waals surface area contributed by atoms with Crippen LogP contribution in [0.2, 0.25) is 0 Å². The number of pyridine rings is 1. The molecule has 2 nitrogen and oxygen atoms in total.